The Labute approximate surface area is 115 Å². The lowest BCUT2D eigenvalue weighted by Crippen LogP contribution is -2.36. The minimum absolute atomic E-state index is 0.133. The smallest absolute Gasteiger partial charge is 0.179 e. The first kappa shape index (κ1) is 13.1. The van der Waals surface area contributed by atoms with Gasteiger partial charge in [0.15, 0.2) is 9.84 Å². The van der Waals surface area contributed by atoms with E-state index in [2.05, 4.69) is 5.32 Å². The highest BCUT2D eigenvalue weighted by atomic mass is 32.2. The van der Waals surface area contributed by atoms with Gasteiger partial charge in [0.25, 0.3) is 0 Å². The van der Waals surface area contributed by atoms with Gasteiger partial charge in [-0.25, -0.2) is 8.42 Å². The maximum Gasteiger partial charge on any atom is 0.179 e. The fourth-order valence-electron chi connectivity index (χ4n) is 4.04. The molecule has 0 bridgehead atoms. The van der Waals surface area contributed by atoms with Gasteiger partial charge in [-0.15, -0.1) is 0 Å². The molecule has 0 aromatic heterocycles. The Morgan fingerprint density at radius 3 is 2.63 bits per heavy atom. The molecule has 1 aliphatic heterocycles. The number of rotatable bonds is 3. The predicted octanol–water partition coefficient (Wildman–Crippen LogP) is 2.34. The van der Waals surface area contributed by atoms with E-state index in [0.717, 1.165) is 24.9 Å². The highest BCUT2D eigenvalue weighted by molar-refractivity contribution is 7.91. The first-order valence-corrected chi connectivity index (χ1v) is 8.71. The molecule has 1 saturated carbocycles. The molecule has 3 nitrogen and oxygen atoms in total. The summed E-state index contributed by atoms with van der Waals surface area (Å²) in [4.78, 5) is 0.572. The van der Waals surface area contributed by atoms with E-state index in [1.807, 2.05) is 25.2 Å². The number of nitrogens with one attached hydrogen (secondary N) is 1. The standard InChI is InChI=1S/C15H21NO2S/c1-16-11-15(8-4-5-9-15)13-10-19(17,18)14-7-3-2-6-12(13)14/h2-3,6-7,13,16H,4-5,8-11H2,1H3. The van der Waals surface area contributed by atoms with Crippen molar-refractivity contribution in [3.05, 3.63) is 29.8 Å². The normalized spacial score (nSPS) is 27.3. The molecule has 0 spiro atoms. The van der Waals surface area contributed by atoms with E-state index in [-0.39, 0.29) is 11.3 Å². The Morgan fingerprint density at radius 1 is 1.26 bits per heavy atom. The average molecular weight is 279 g/mol. The number of benzene rings is 1. The van der Waals surface area contributed by atoms with Crippen molar-refractivity contribution in [2.24, 2.45) is 5.41 Å². The van der Waals surface area contributed by atoms with E-state index >= 15 is 0 Å². The van der Waals surface area contributed by atoms with Crippen molar-refractivity contribution in [2.75, 3.05) is 19.3 Å². The van der Waals surface area contributed by atoms with Crippen molar-refractivity contribution in [3.63, 3.8) is 0 Å². The highest BCUT2D eigenvalue weighted by Crippen LogP contribution is 2.53. The van der Waals surface area contributed by atoms with E-state index in [9.17, 15) is 8.42 Å². The zero-order chi connectivity index (χ0) is 13.5. The summed E-state index contributed by atoms with van der Waals surface area (Å²) >= 11 is 0. The summed E-state index contributed by atoms with van der Waals surface area (Å²) in [7, 11) is -1.11. The van der Waals surface area contributed by atoms with E-state index in [1.165, 1.54) is 12.8 Å². The largest absolute Gasteiger partial charge is 0.319 e. The van der Waals surface area contributed by atoms with E-state index in [4.69, 9.17) is 0 Å². The molecule has 2 aliphatic rings. The van der Waals surface area contributed by atoms with E-state index in [0.29, 0.717) is 10.6 Å². The zero-order valence-electron chi connectivity index (χ0n) is 11.4. The van der Waals surface area contributed by atoms with Gasteiger partial charge in [0.2, 0.25) is 0 Å². The van der Waals surface area contributed by atoms with Crippen LogP contribution in [0.1, 0.15) is 37.2 Å². The van der Waals surface area contributed by atoms with Gasteiger partial charge in [-0.05, 0) is 36.9 Å². The first-order chi connectivity index (χ1) is 9.09. The van der Waals surface area contributed by atoms with Crippen LogP contribution >= 0.6 is 0 Å². The molecule has 4 heteroatoms. The molecular formula is C15H21NO2S. The Balaban J connectivity index is 2.07. The number of fused-ring (bicyclic) bond motifs is 1. The summed E-state index contributed by atoms with van der Waals surface area (Å²) in [5.41, 5.74) is 1.19. The third kappa shape index (κ3) is 2.01. The van der Waals surface area contributed by atoms with Gasteiger partial charge in [-0.1, -0.05) is 31.0 Å². The second-order valence-electron chi connectivity index (χ2n) is 5.97. The third-order valence-corrected chi connectivity index (χ3v) is 6.70. The van der Waals surface area contributed by atoms with Crippen LogP contribution in [-0.2, 0) is 9.84 Å². The van der Waals surface area contributed by atoms with Crippen molar-refractivity contribution in [3.8, 4) is 0 Å². The Morgan fingerprint density at radius 2 is 1.95 bits per heavy atom. The maximum absolute atomic E-state index is 12.3. The molecule has 1 N–H and O–H groups in total. The molecule has 1 atom stereocenters. The summed E-state index contributed by atoms with van der Waals surface area (Å²) in [6.45, 7) is 0.918. The molecule has 104 valence electrons. The number of sulfone groups is 1. The van der Waals surface area contributed by atoms with Gasteiger partial charge in [-0.2, -0.15) is 0 Å². The minimum Gasteiger partial charge on any atom is -0.319 e. The lowest BCUT2D eigenvalue weighted by atomic mass is 9.71. The Bertz CT molecular complexity index is 574. The van der Waals surface area contributed by atoms with E-state index < -0.39 is 9.84 Å². The molecule has 1 aliphatic carbocycles. The SMILES string of the molecule is CNCC1(C2CS(=O)(=O)c3ccccc32)CCCC1. The molecule has 1 fully saturated rings. The minimum atomic E-state index is -3.08. The average Bonchev–Trinajstić information content (AvgIpc) is 2.95. The second kappa shape index (κ2) is 4.60. The van der Waals surface area contributed by atoms with Crippen molar-refractivity contribution >= 4 is 9.84 Å². The van der Waals surface area contributed by atoms with Crippen molar-refractivity contribution < 1.29 is 8.42 Å². The maximum atomic E-state index is 12.3. The summed E-state index contributed by atoms with van der Waals surface area (Å²) < 4.78 is 24.7. The van der Waals surface area contributed by atoms with Crippen LogP contribution in [0.4, 0.5) is 0 Å². The molecular weight excluding hydrogens is 258 g/mol. The van der Waals surface area contributed by atoms with Crippen LogP contribution in [0.15, 0.2) is 29.2 Å². The quantitative estimate of drug-likeness (QED) is 0.923. The molecule has 19 heavy (non-hydrogen) atoms. The van der Waals surface area contributed by atoms with Crippen molar-refractivity contribution in [2.45, 2.75) is 36.5 Å². The van der Waals surface area contributed by atoms with Gasteiger partial charge in [0.05, 0.1) is 10.6 Å². The molecule has 1 unspecified atom stereocenters. The highest BCUT2D eigenvalue weighted by Gasteiger charge is 2.48. The fraction of sp³-hybridized carbons (Fsp3) is 0.600. The van der Waals surface area contributed by atoms with E-state index in [1.54, 1.807) is 6.07 Å². The van der Waals surface area contributed by atoms with Crippen LogP contribution in [-0.4, -0.2) is 27.8 Å². The Hall–Kier alpha value is -0.870. The van der Waals surface area contributed by atoms with Gasteiger partial charge in [-0.3, -0.25) is 0 Å². The van der Waals surface area contributed by atoms with Crippen LogP contribution < -0.4 is 5.32 Å². The van der Waals surface area contributed by atoms with Crippen molar-refractivity contribution in [1.82, 2.24) is 5.32 Å². The Kier molecular flexibility index (Phi) is 3.18. The van der Waals surface area contributed by atoms with Gasteiger partial charge in [0.1, 0.15) is 0 Å². The van der Waals surface area contributed by atoms with Crippen molar-refractivity contribution in [1.29, 1.82) is 0 Å². The monoisotopic (exact) mass is 279 g/mol. The summed E-state index contributed by atoms with van der Waals surface area (Å²) in [6, 6.07) is 7.58. The molecule has 0 saturated heterocycles. The number of hydrogen-bond donors (Lipinski definition) is 1. The van der Waals surface area contributed by atoms with Crippen LogP contribution in [0.25, 0.3) is 0 Å². The molecule has 0 radical (unpaired) electrons. The van der Waals surface area contributed by atoms with Crippen LogP contribution in [0.2, 0.25) is 0 Å². The van der Waals surface area contributed by atoms with Gasteiger partial charge >= 0.3 is 0 Å². The second-order valence-corrected chi connectivity index (χ2v) is 7.97. The van der Waals surface area contributed by atoms with Gasteiger partial charge in [0, 0.05) is 12.5 Å². The fourth-order valence-corrected chi connectivity index (χ4v) is 6.04. The first-order valence-electron chi connectivity index (χ1n) is 7.05. The summed E-state index contributed by atoms with van der Waals surface area (Å²) in [5.74, 6) is 0.470. The van der Waals surface area contributed by atoms with Crippen LogP contribution in [0, 0.1) is 5.41 Å². The summed E-state index contributed by atoms with van der Waals surface area (Å²) in [6.07, 6.45) is 4.73. The lowest BCUT2D eigenvalue weighted by Gasteiger charge is -2.35. The predicted molar refractivity (Wildman–Crippen MR) is 76.1 cm³/mol. The molecule has 3 rings (SSSR count). The lowest BCUT2D eigenvalue weighted by molar-refractivity contribution is 0.239. The van der Waals surface area contributed by atoms with Crippen LogP contribution in [0.3, 0.4) is 0 Å². The molecule has 1 heterocycles. The summed E-state index contributed by atoms with van der Waals surface area (Å²) in [5, 5.41) is 3.29. The van der Waals surface area contributed by atoms with Crippen LogP contribution in [0.5, 0.6) is 0 Å². The number of hydrogen-bond acceptors (Lipinski definition) is 3. The molecule has 1 aromatic rings. The molecule has 1 aromatic carbocycles. The third-order valence-electron chi connectivity index (χ3n) is 4.88. The zero-order valence-corrected chi connectivity index (χ0v) is 12.2. The topological polar surface area (TPSA) is 46.2 Å². The molecule has 0 amide bonds. The van der Waals surface area contributed by atoms with Gasteiger partial charge < -0.3 is 5.32 Å².